The van der Waals surface area contributed by atoms with Crippen LogP contribution in [0.2, 0.25) is 0 Å². The van der Waals surface area contributed by atoms with Gasteiger partial charge in [-0.05, 0) is 66.6 Å². The summed E-state index contributed by atoms with van der Waals surface area (Å²) in [5, 5.41) is 16.1. The Balaban J connectivity index is 1.81. The zero-order valence-electron chi connectivity index (χ0n) is 18.7. The highest BCUT2D eigenvalue weighted by Gasteiger charge is 2.40. The van der Waals surface area contributed by atoms with Crippen molar-refractivity contribution in [2.45, 2.75) is 57.5 Å². The monoisotopic (exact) mass is 463 g/mol. The van der Waals surface area contributed by atoms with Crippen LogP contribution in [-0.4, -0.2) is 25.2 Å². The normalized spacial score (nSPS) is 18.9. The summed E-state index contributed by atoms with van der Waals surface area (Å²) in [6.45, 7) is 8.55. The minimum Gasteiger partial charge on any atom is -0.481 e. The molecule has 1 heterocycles. The molecule has 2 atom stereocenters. The summed E-state index contributed by atoms with van der Waals surface area (Å²) in [7, 11) is -3.89. The predicted molar refractivity (Wildman–Crippen MR) is 124 cm³/mol. The van der Waals surface area contributed by atoms with E-state index in [4.69, 9.17) is 0 Å². The van der Waals surface area contributed by atoms with Crippen molar-refractivity contribution >= 4 is 33.1 Å². The predicted octanol–water partition coefficient (Wildman–Crippen LogP) is 5.10. The minimum absolute atomic E-state index is 0.0540. The third kappa shape index (κ3) is 5.91. The fraction of sp³-hybridized carbons (Fsp3) is 0.435. The van der Waals surface area contributed by atoms with Crippen molar-refractivity contribution in [3.05, 3.63) is 48.3 Å². The second kappa shape index (κ2) is 8.61. The van der Waals surface area contributed by atoms with E-state index >= 15 is 0 Å². The van der Waals surface area contributed by atoms with Crippen molar-refractivity contribution in [3.63, 3.8) is 0 Å². The van der Waals surface area contributed by atoms with E-state index in [0.717, 1.165) is 18.6 Å². The Hall–Kier alpha value is -2.81. The zero-order valence-corrected chi connectivity index (χ0v) is 19.5. The number of carboxylic acids is 1. The van der Waals surface area contributed by atoms with Gasteiger partial charge >= 0.3 is 5.97 Å². The third-order valence-corrected chi connectivity index (χ3v) is 6.65. The molecule has 0 fully saturated rings. The molecule has 1 aliphatic heterocycles. The van der Waals surface area contributed by atoms with Crippen LogP contribution in [0.25, 0.3) is 0 Å². The maximum atomic E-state index is 13.1. The van der Waals surface area contributed by atoms with Gasteiger partial charge < -0.3 is 15.7 Å². The van der Waals surface area contributed by atoms with Crippen molar-refractivity contribution in [1.29, 1.82) is 0 Å². The highest BCUT2D eigenvalue weighted by Crippen LogP contribution is 2.42. The van der Waals surface area contributed by atoms with Gasteiger partial charge in [-0.2, -0.15) is 0 Å². The fourth-order valence-corrected chi connectivity index (χ4v) is 5.48. The Morgan fingerprint density at radius 1 is 1.12 bits per heavy atom. The van der Waals surface area contributed by atoms with E-state index in [0.29, 0.717) is 23.5 Å². The van der Waals surface area contributed by atoms with Gasteiger partial charge in [-0.3, -0.25) is 9.52 Å². The van der Waals surface area contributed by atoms with Crippen molar-refractivity contribution in [3.8, 4) is 0 Å². The molecule has 0 aromatic heterocycles. The van der Waals surface area contributed by atoms with Crippen LogP contribution in [0, 0.1) is 17.2 Å². The minimum atomic E-state index is -3.89. The summed E-state index contributed by atoms with van der Waals surface area (Å²) in [5.74, 6) is -1.20. The maximum absolute atomic E-state index is 13.1. The van der Waals surface area contributed by atoms with Crippen LogP contribution in [0.1, 0.15) is 47.0 Å². The molecule has 7 nitrogen and oxygen atoms in total. The lowest BCUT2D eigenvalue weighted by molar-refractivity contribution is -0.138. The van der Waals surface area contributed by atoms with Gasteiger partial charge in [0.1, 0.15) is 11.5 Å². The van der Waals surface area contributed by atoms with Gasteiger partial charge in [-0.25, -0.2) is 12.8 Å². The molecule has 2 unspecified atom stereocenters. The average molecular weight is 464 g/mol. The average Bonchev–Trinajstić information content (AvgIpc) is 2.95. The number of nitrogens with one attached hydrogen (secondary N) is 3. The lowest BCUT2D eigenvalue weighted by Crippen LogP contribution is -2.45. The van der Waals surface area contributed by atoms with E-state index in [9.17, 15) is 22.7 Å². The first-order valence-corrected chi connectivity index (χ1v) is 12.0. The SMILES string of the molecule is CC(CC(C)(C)C)CC1(CC(=O)O)Nc2ccc(NS(=O)(=O)c3ccc(F)cc3)cc2N1. The maximum Gasteiger partial charge on any atom is 0.307 e. The van der Waals surface area contributed by atoms with Gasteiger partial charge in [-0.15, -0.1) is 0 Å². The largest absolute Gasteiger partial charge is 0.481 e. The van der Waals surface area contributed by atoms with Crippen LogP contribution >= 0.6 is 0 Å². The van der Waals surface area contributed by atoms with Crippen LogP contribution < -0.4 is 15.4 Å². The quantitative estimate of drug-likeness (QED) is 0.434. The van der Waals surface area contributed by atoms with Crippen LogP contribution in [0.15, 0.2) is 47.4 Å². The number of hydrogen-bond donors (Lipinski definition) is 4. The number of carboxylic acid groups (broad SMARTS) is 1. The van der Waals surface area contributed by atoms with Gasteiger partial charge in [0, 0.05) is 0 Å². The van der Waals surface area contributed by atoms with E-state index in [1.54, 1.807) is 18.2 Å². The summed E-state index contributed by atoms with van der Waals surface area (Å²) >= 11 is 0. The first-order chi connectivity index (χ1) is 14.8. The molecule has 174 valence electrons. The standard InChI is InChI=1S/C23H30FN3O4S/c1-15(12-22(2,3)4)13-23(14-21(28)29)25-19-10-7-17(11-20(19)26-23)27-32(30,31)18-8-5-16(24)6-9-18/h5-11,15,25-27H,12-14H2,1-4H3,(H,28,29). The summed E-state index contributed by atoms with van der Waals surface area (Å²) in [6.07, 6.45) is 1.38. The lowest BCUT2D eigenvalue weighted by Gasteiger charge is -2.34. The fourth-order valence-electron chi connectivity index (χ4n) is 4.43. The first kappa shape index (κ1) is 23.8. The second-order valence-electron chi connectivity index (χ2n) is 9.80. The number of benzene rings is 2. The molecule has 3 rings (SSSR count). The molecule has 0 amide bonds. The summed E-state index contributed by atoms with van der Waals surface area (Å²) in [4.78, 5) is 11.6. The smallest absolute Gasteiger partial charge is 0.307 e. The van der Waals surface area contributed by atoms with Crippen molar-refractivity contribution in [2.24, 2.45) is 11.3 Å². The number of halogens is 1. The van der Waals surface area contributed by atoms with Crippen molar-refractivity contribution < 1.29 is 22.7 Å². The zero-order chi connectivity index (χ0) is 23.7. The summed E-state index contributed by atoms with van der Waals surface area (Å²) < 4.78 is 40.8. The molecule has 0 bridgehead atoms. The molecule has 4 N–H and O–H groups in total. The van der Waals surface area contributed by atoms with Gasteiger partial charge in [-0.1, -0.05) is 27.7 Å². The molecule has 0 aliphatic carbocycles. The van der Waals surface area contributed by atoms with E-state index < -0.39 is 27.5 Å². The summed E-state index contributed by atoms with van der Waals surface area (Å²) in [5.41, 5.74) is 0.887. The Morgan fingerprint density at radius 2 is 1.75 bits per heavy atom. The Kier molecular flexibility index (Phi) is 6.42. The van der Waals surface area contributed by atoms with Crippen LogP contribution in [0.4, 0.5) is 21.5 Å². The van der Waals surface area contributed by atoms with Crippen LogP contribution in [0.5, 0.6) is 0 Å². The highest BCUT2D eigenvalue weighted by molar-refractivity contribution is 7.92. The van der Waals surface area contributed by atoms with Gasteiger partial charge in [0.05, 0.1) is 28.4 Å². The van der Waals surface area contributed by atoms with Gasteiger partial charge in [0.2, 0.25) is 0 Å². The molecule has 2 aromatic rings. The Labute approximate surface area is 188 Å². The molecule has 0 saturated carbocycles. The summed E-state index contributed by atoms with van der Waals surface area (Å²) in [6, 6.07) is 9.50. The lowest BCUT2D eigenvalue weighted by atomic mass is 9.81. The number of aliphatic carboxylic acids is 1. The van der Waals surface area contributed by atoms with Gasteiger partial charge in [0.15, 0.2) is 0 Å². The molecule has 0 spiro atoms. The number of anilines is 3. The molecular formula is C23H30FN3O4S. The first-order valence-electron chi connectivity index (χ1n) is 10.5. The van der Waals surface area contributed by atoms with Crippen molar-refractivity contribution in [2.75, 3.05) is 15.4 Å². The Bertz CT molecular complexity index is 1100. The molecule has 2 aromatic carbocycles. The van der Waals surface area contributed by atoms with Gasteiger partial charge in [0.25, 0.3) is 10.0 Å². The van der Waals surface area contributed by atoms with E-state index in [1.807, 2.05) is 0 Å². The van der Waals surface area contributed by atoms with E-state index in [-0.39, 0.29) is 22.6 Å². The molecule has 0 saturated heterocycles. The van der Waals surface area contributed by atoms with Crippen molar-refractivity contribution in [1.82, 2.24) is 0 Å². The molecular weight excluding hydrogens is 433 g/mol. The second-order valence-corrected chi connectivity index (χ2v) is 11.5. The number of fused-ring (bicyclic) bond motifs is 1. The number of carbonyl (C=O) groups is 1. The number of rotatable bonds is 8. The van der Waals surface area contributed by atoms with E-state index in [2.05, 4.69) is 43.1 Å². The molecule has 9 heteroatoms. The highest BCUT2D eigenvalue weighted by atomic mass is 32.2. The van der Waals surface area contributed by atoms with Crippen LogP contribution in [-0.2, 0) is 14.8 Å². The van der Waals surface area contributed by atoms with E-state index in [1.165, 1.54) is 12.1 Å². The molecule has 1 aliphatic rings. The third-order valence-electron chi connectivity index (χ3n) is 5.25. The Morgan fingerprint density at radius 3 is 2.34 bits per heavy atom. The molecule has 32 heavy (non-hydrogen) atoms. The topological polar surface area (TPSA) is 108 Å². The molecule has 0 radical (unpaired) electrons. The van der Waals surface area contributed by atoms with Crippen LogP contribution in [0.3, 0.4) is 0 Å². The number of hydrogen-bond acceptors (Lipinski definition) is 5. The number of sulfonamides is 1.